The van der Waals surface area contributed by atoms with E-state index in [4.69, 9.17) is 5.73 Å². The number of hydrogen-bond acceptors (Lipinski definition) is 4. The Balaban J connectivity index is 2.28. The molecular formula is C14H22BrN3OS. The zero-order chi connectivity index (χ0) is 14.7. The average Bonchev–Trinajstić information content (AvgIpc) is 3.08. The van der Waals surface area contributed by atoms with E-state index >= 15 is 0 Å². The number of likely N-dealkylation sites (tertiary alicyclic amines) is 1. The molecule has 1 aromatic rings. The Morgan fingerprint density at radius 2 is 2.40 bits per heavy atom. The fourth-order valence-corrected chi connectivity index (χ4v) is 4.52. The summed E-state index contributed by atoms with van der Waals surface area (Å²) in [5, 5.41) is 2.78. The summed E-state index contributed by atoms with van der Waals surface area (Å²) in [7, 11) is 1.70. The van der Waals surface area contributed by atoms with Gasteiger partial charge in [-0.3, -0.25) is 9.69 Å². The van der Waals surface area contributed by atoms with Crippen molar-refractivity contribution in [3.63, 3.8) is 0 Å². The van der Waals surface area contributed by atoms with Gasteiger partial charge in [0, 0.05) is 18.0 Å². The van der Waals surface area contributed by atoms with Gasteiger partial charge in [0.25, 0.3) is 0 Å². The predicted octanol–water partition coefficient (Wildman–Crippen LogP) is 2.50. The van der Waals surface area contributed by atoms with Gasteiger partial charge in [-0.25, -0.2) is 0 Å². The van der Waals surface area contributed by atoms with E-state index in [1.165, 1.54) is 4.88 Å². The number of nitrogens with two attached hydrogens (primary N) is 1. The van der Waals surface area contributed by atoms with Crippen LogP contribution in [0.15, 0.2) is 15.9 Å². The van der Waals surface area contributed by atoms with E-state index in [9.17, 15) is 4.79 Å². The predicted molar refractivity (Wildman–Crippen MR) is 86.8 cm³/mol. The summed E-state index contributed by atoms with van der Waals surface area (Å²) < 4.78 is 1.11. The third-order valence-corrected chi connectivity index (χ3v) is 5.66. The number of carbonyl (C=O) groups is 1. The number of nitrogens with zero attached hydrogens (tertiary/aromatic N) is 1. The van der Waals surface area contributed by atoms with Gasteiger partial charge in [0.2, 0.25) is 5.91 Å². The smallest absolute Gasteiger partial charge is 0.237 e. The monoisotopic (exact) mass is 359 g/mol. The molecule has 1 amide bonds. The van der Waals surface area contributed by atoms with Crippen LogP contribution >= 0.6 is 27.3 Å². The van der Waals surface area contributed by atoms with Crippen molar-refractivity contribution in [1.29, 1.82) is 0 Å². The summed E-state index contributed by atoms with van der Waals surface area (Å²) in [4.78, 5) is 15.6. The molecule has 2 heterocycles. The molecule has 6 heteroatoms. The maximum Gasteiger partial charge on any atom is 0.237 e. The van der Waals surface area contributed by atoms with Crippen LogP contribution in [0, 0.1) is 0 Å². The molecule has 112 valence electrons. The Labute approximate surface area is 132 Å². The van der Waals surface area contributed by atoms with Crippen LogP contribution in [-0.2, 0) is 4.79 Å². The highest BCUT2D eigenvalue weighted by atomic mass is 79.9. The van der Waals surface area contributed by atoms with Crippen LogP contribution in [-0.4, -0.2) is 36.5 Å². The summed E-state index contributed by atoms with van der Waals surface area (Å²) in [6, 6.07) is 4.30. The van der Waals surface area contributed by atoms with E-state index in [0.717, 1.165) is 29.6 Å². The minimum Gasteiger partial charge on any atom is -0.358 e. The molecule has 0 aliphatic carbocycles. The quantitative estimate of drug-likeness (QED) is 0.848. The van der Waals surface area contributed by atoms with Crippen molar-refractivity contribution < 1.29 is 4.79 Å². The van der Waals surface area contributed by atoms with E-state index in [1.807, 2.05) is 0 Å². The number of likely N-dealkylation sites (N-methyl/N-ethyl adjacent to an activating group) is 1. The molecular weight excluding hydrogens is 338 g/mol. The molecule has 1 aliphatic heterocycles. The van der Waals surface area contributed by atoms with Crippen molar-refractivity contribution in [3.05, 3.63) is 20.8 Å². The van der Waals surface area contributed by atoms with Crippen LogP contribution in [0.5, 0.6) is 0 Å². The zero-order valence-corrected chi connectivity index (χ0v) is 14.3. The first-order chi connectivity index (χ1) is 9.58. The van der Waals surface area contributed by atoms with Crippen LogP contribution < -0.4 is 11.1 Å². The lowest BCUT2D eigenvalue weighted by atomic mass is 10.0. The normalized spacial score (nSPS) is 22.7. The summed E-state index contributed by atoms with van der Waals surface area (Å²) in [5.74, 6) is 0.103. The second kappa shape index (κ2) is 7.02. The van der Waals surface area contributed by atoms with Crippen LogP contribution in [0.1, 0.15) is 37.1 Å². The number of amides is 1. The molecule has 1 aliphatic rings. The summed E-state index contributed by atoms with van der Waals surface area (Å²) in [6.45, 7) is 3.04. The molecule has 0 aromatic carbocycles. The average molecular weight is 360 g/mol. The molecule has 0 radical (unpaired) electrons. The molecule has 3 N–H and O–H groups in total. The highest BCUT2D eigenvalue weighted by Gasteiger charge is 2.38. The summed E-state index contributed by atoms with van der Waals surface area (Å²) in [5.41, 5.74) is 6.36. The van der Waals surface area contributed by atoms with Crippen molar-refractivity contribution >= 4 is 33.2 Å². The fourth-order valence-electron chi connectivity index (χ4n) is 2.90. The maximum absolute atomic E-state index is 12.1. The van der Waals surface area contributed by atoms with Crippen molar-refractivity contribution in [2.24, 2.45) is 5.73 Å². The van der Waals surface area contributed by atoms with Gasteiger partial charge >= 0.3 is 0 Å². The topological polar surface area (TPSA) is 58.4 Å². The van der Waals surface area contributed by atoms with Gasteiger partial charge in [-0.1, -0.05) is 6.92 Å². The Morgan fingerprint density at radius 1 is 1.65 bits per heavy atom. The molecule has 1 aromatic heterocycles. The number of rotatable bonds is 5. The van der Waals surface area contributed by atoms with Crippen LogP contribution in [0.2, 0.25) is 0 Å². The second-order valence-electron chi connectivity index (χ2n) is 5.17. The third-order valence-electron chi connectivity index (χ3n) is 3.96. The molecule has 20 heavy (non-hydrogen) atoms. The van der Waals surface area contributed by atoms with Crippen LogP contribution in [0.3, 0.4) is 0 Å². The number of halogens is 1. The number of carbonyl (C=O) groups excluding carboxylic acids is 1. The maximum atomic E-state index is 12.1. The van der Waals surface area contributed by atoms with Crippen molar-refractivity contribution in [3.8, 4) is 0 Å². The lowest BCUT2D eigenvalue weighted by Gasteiger charge is -2.35. The van der Waals surface area contributed by atoms with Crippen molar-refractivity contribution in [2.45, 2.75) is 44.3 Å². The van der Waals surface area contributed by atoms with Gasteiger partial charge in [-0.05, 0) is 53.9 Å². The lowest BCUT2D eigenvalue weighted by Crippen LogP contribution is -2.48. The first-order valence-electron chi connectivity index (χ1n) is 7.06. The molecule has 3 unspecified atom stereocenters. The molecule has 0 saturated carbocycles. The molecule has 0 spiro atoms. The summed E-state index contributed by atoms with van der Waals surface area (Å²) >= 11 is 5.23. The molecule has 1 fully saturated rings. The number of thiophene rings is 1. The van der Waals surface area contributed by atoms with Crippen LogP contribution in [0.25, 0.3) is 0 Å². The molecule has 4 nitrogen and oxygen atoms in total. The van der Waals surface area contributed by atoms with Gasteiger partial charge in [0.1, 0.15) is 0 Å². The van der Waals surface area contributed by atoms with Gasteiger partial charge in [0.15, 0.2) is 0 Å². The Kier molecular flexibility index (Phi) is 5.60. The van der Waals surface area contributed by atoms with Gasteiger partial charge in [0.05, 0.1) is 15.9 Å². The first-order valence-corrected chi connectivity index (χ1v) is 8.67. The van der Waals surface area contributed by atoms with Gasteiger partial charge in [-0.2, -0.15) is 0 Å². The van der Waals surface area contributed by atoms with E-state index in [1.54, 1.807) is 18.4 Å². The largest absolute Gasteiger partial charge is 0.358 e. The first kappa shape index (κ1) is 15.9. The van der Waals surface area contributed by atoms with E-state index in [0.29, 0.717) is 0 Å². The fraction of sp³-hybridized carbons (Fsp3) is 0.643. The summed E-state index contributed by atoms with van der Waals surface area (Å²) in [6.07, 6.45) is 2.87. The van der Waals surface area contributed by atoms with Crippen molar-refractivity contribution in [2.75, 3.05) is 13.6 Å². The SMILES string of the molecule is CCC(N)C(c1ccc(Br)s1)N1CCCC1C(=O)NC. The highest BCUT2D eigenvalue weighted by molar-refractivity contribution is 9.11. The molecule has 0 bridgehead atoms. The number of nitrogens with one attached hydrogen (secondary N) is 1. The Morgan fingerprint density at radius 3 is 2.95 bits per heavy atom. The highest BCUT2D eigenvalue weighted by Crippen LogP contribution is 2.37. The van der Waals surface area contributed by atoms with E-state index in [-0.39, 0.29) is 24.0 Å². The van der Waals surface area contributed by atoms with E-state index in [2.05, 4.69) is 45.2 Å². The zero-order valence-electron chi connectivity index (χ0n) is 11.9. The van der Waals surface area contributed by atoms with Gasteiger partial charge in [-0.15, -0.1) is 11.3 Å². The van der Waals surface area contributed by atoms with Gasteiger partial charge < -0.3 is 11.1 Å². The van der Waals surface area contributed by atoms with E-state index < -0.39 is 0 Å². The standard InChI is InChI=1S/C14H22BrN3OS/c1-3-9(16)13(11-6-7-12(15)20-11)18-8-4-5-10(18)14(19)17-2/h6-7,9-10,13H,3-5,8,16H2,1-2H3,(H,17,19). The Hall–Kier alpha value is -0.430. The van der Waals surface area contributed by atoms with Crippen LogP contribution in [0.4, 0.5) is 0 Å². The number of hydrogen-bond donors (Lipinski definition) is 2. The minimum atomic E-state index is -0.0523. The minimum absolute atomic E-state index is 0.0470. The second-order valence-corrected chi connectivity index (χ2v) is 7.66. The lowest BCUT2D eigenvalue weighted by molar-refractivity contribution is -0.125. The third kappa shape index (κ3) is 3.24. The molecule has 2 rings (SSSR count). The molecule has 3 atom stereocenters. The van der Waals surface area contributed by atoms with Crippen molar-refractivity contribution in [1.82, 2.24) is 10.2 Å². The Bertz CT molecular complexity index is 465. The molecule has 1 saturated heterocycles.